The smallest absolute Gasteiger partial charge is 0.162 e. The first kappa shape index (κ1) is 11.8. The first-order valence-electron chi connectivity index (χ1n) is 3.55. The van der Waals surface area contributed by atoms with Crippen LogP contribution in [0.4, 0.5) is 0 Å². The first-order chi connectivity index (χ1) is 5.66. The monoisotopic (exact) mass is 201 g/mol. The van der Waals surface area contributed by atoms with E-state index in [2.05, 4.69) is 6.58 Å². The van der Waals surface area contributed by atoms with Crippen LogP contribution in [0.25, 0.3) is 0 Å². The van der Waals surface area contributed by atoms with Crippen molar-refractivity contribution in [1.82, 2.24) is 0 Å². The normalized spacial score (nSPS) is 11.5. The molecule has 72 valence electrons. The van der Waals surface area contributed by atoms with E-state index in [9.17, 15) is 5.11 Å². The Labute approximate surface area is 82.9 Å². The van der Waals surface area contributed by atoms with Crippen molar-refractivity contribution in [3.8, 4) is 11.5 Å². The van der Waals surface area contributed by atoms with Gasteiger partial charge in [-0.25, -0.2) is 0 Å². The van der Waals surface area contributed by atoms with Gasteiger partial charge in [0, 0.05) is 5.56 Å². The fraction of sp³-hybridized carbons (Fsp3) is 0.111. The zero-order valence-electron chi connectivity index (χ0n) is 6.97. The topological polar surface area (TPSA) is 66.5 Å². The Balaban J connectivity index is 0.00000144. The van der Waals surface area contributed by atoms with Crippen LogP contribution in [0.1, 0.15) is 11.6 Å². The molecule has 0 aliphatic heterocycles. The van der Waals surface area contributed by atoms with E-state index in [1.54, 1.807) is 12.1 Å². The summed E-state index contributed by atoms with van der Waals surface area (Å²) in [6, 6.07) is 4.21. The fourth-order valence-corrected chi connectivity index (χ4v) is 0.945. The van der Waals surface area contributed by atoms with E-state index in [1.165, 1.54) is 12.1 Å². The highest BCUT2D eigenvalue weighted by molar-refractivity contribution is 5.85. The van der Waals surface area contributed by atoms with Gasteiger partial charge < -0.3 is 15.9 Å². The molecule has 0 aliphatic carbocycles. The number of phenolic OH excluding ortho intramolecular Hbond substituents is 2. The highest BCUT2D eigenvalue weighted by atomic mass is 35.5. The maximum atomic E-state index is 9.32. The molecule has 0 spiro atoms. The molecule has 3 nitrogen and oxygen atoms in total. The van der Waals surface area contributed by atoms with Gasteiger partial charge in [0.15, 0.2) is 11.5 Å². The minimum absolute atomic E-state index is 0. The van der Waals surface area contributed by atoms with Crippen LogP contribution >= 0.6 is 12.4 Å². The van der Waals surface area contributed by atoms with E-state index in [4.69, 9.17) is 10.8 Å². The van der Waals surface area contributed by atoms with Gasteiger partial charge in [-0.15, -0.1) is 19.0 Å². The number of hydrogen-bond donors (Lipinski definition) is 3. The van der Waals surface area contributed by atoms with E-state index in [0.29, 0.717) is 5.56 Å². The standard InChI is InChI=1S/C9H11NO2.ClH/c1-2-7(10)6-4-3-5-8(11)9(6)12;/h2-5,7,11-12H,1,10H2;1H/t7-;/m0./s1. The zero-order valence-corrected chi connectivity index (χ0v) is 7.79. The van der Waals surface area contributed by atoms with Crippen molar-refractivity contribution < 1.29 is 10.2 Å². The van der Waals surface area contributed by atoms with Crippen molar-refractivity contribution >= 4 is 12.4 Å². The molecule has 0 saturated carbocycles. The molecule has 1 rings (SSSR count). The van der Waals surface area contributed by atoms with Crippen molar-refractivity contribution in [2.24, 2.45) is 5.73 Å². The number of hydrogen-bond acceptors (Lipinski definition) is 3. The molecule has 0 amide bonds. The Hall–Kier alpha value is -1.19. The zero-order chi connectivity index (χ0) is 9.14. The predicted molar refractivity (Wildman–Crippen MR) is 54.1 cm³/mol. The van der Waals surface area contributed by atoms with Gasteiger partial charge in [-0.05, 0) is 6.07 Å². The molecule has 13 heavy (non-hydrogen) atoms. The Kier molecular flexibility index (Phi) is 4.31. The molecule has 0 saturated heterocycles. The quantitative estimate of drug-likeness (QED) is 0.504. The molecule has 0 aliphatic rings. The maximum Gasteiger partial charge on any atom is 0.162 e. The molecule has 4 N–H and O–H groups in total. The number of rotatable bonds is 2. The van der Waals surface area contributed by atoms with Crippen molar-refractivity contribution in [3.05, 3.63) is 36.4 Å². The second-order valence-corrected chi connectivity index (χ2v) is 2.48. The summed E-state index contributed by atoms with van der Waals surface area (Å²) in [7, 11) is 0. The van der Waals surface area contributed by atoms with Gasteiger partial charge in [0.25, 0.3) is 0 Å². The highest BCUT2D eigenvalue weighted by Gasteiger charge is 2.09. The molecule has 1 atom stereocenters. The Morgan fingerprint density at radius 1 is 1.38 bits per heavy atom. The minimum atomic E-state index is -0.447. The average Bonchev–Trinajstić information content (AvgIpc) is 2.08. The van der Waals surface area contributed by atoms with Crippen LogP contribution in [0.5, 0.6) is 11.5 Å². The molecule has 0 unspecified atom stereocenters. The molecule has 1 aromatic carbocycles. The lowest BCUT2D eigenvalue weighted by atomic mass is 10.1. The third-order valence-electron chi connectivity index (χ3n) is 1.66. The van der Waals surface area contributed by atoms with Crippen molar-refractivity contribution in [2.75, 3.05) is 0 Å². The largest absolute Gasteiger partial charge is 0.504 e. The van der Waals surface area contributed by atoms with Crippen LogP contribution in [-0.4, -0.2) is 10.2 Å². The van der Waals surface area contributed by atoms with Crippen LogP contribution in [-0.2, 0) is 0 Å². The van der Waals surface area contributed by atoms with E-state index in [1.807, 2.05) is 0 Å². The summed E-state index contributed by atoms with van der Waals surface area (Å²) in [6.45, 7) is 3.49. The van der Waals surface area contributed by atoms with Crippen molar-refractivity contribution in [2.45, 2.75) is 6.04 Å². The number of halogens is 1. The highest BCUT2D eigenvalue weighted by Crippen LogP contribution is 2.31. The average molecular weight is 202 g/mol. The Morgan fingerprint density at radius 2 is 2.00 bits per heavy atom. The molecule has 0 aromatic heterocycles. The molecular weight excluding hydrogens is 190 g/mol. The van der Waals surface area contributed by atoms with E-state index in [0.717, 1.165) is 0 Å². The second-order valence-electron chi connectivity index (χ2n) is 2.48. The maximum absolute atomic E-state index is 9.32. The summed E-state index contributed by atoms with van der Waals surface area (Å²) >= 11 is 0. The van der Waals surface area contributed by atoms with Gasteiger partial charge in [-0.1, -0.05) is 18.2 Å². The number of benzene rings is 1. The molecule has 0 bridgehead atoms. The third-order valence-corrected chi connectivity index (χ3v) is 1.66. The van der Waals surface area contributed by atoms with Crippen LogP contribution in [0.15, 0.2) is 30.9 Å². The van der Waals surface area contributed by atoms with Gasteiger partial charge in [0.05, 0.1) is 6.04 Å². The molecular formula is C9H12ClNO2. The summed E-state index contributed by atoms with van der Waals surface area (Å²) in [5.74, 6) is -0.338. The summed E-state index contributed by atoms with van der Waals surface area (Å²) in [4.78, 5) is 0. The van der Waals surface area contributed by atoms with E-state index < -0.39 is 6.04 Å². The van der Waals surface area contributed by atoms with E-state index in [-0.39, 0.29) is 23.9 Å². The van der Waals surface area contributed by atoms with Gasteiger partial charge in [0.2, 0.25) is 0 Å². The van der Waals surface area contributed by atoms with Crippen molar-refractivity contribution in [1.29, 1.82) is 0 Å². The van der Waals surface area contributed by atoms with Gasteiger partial charge in [-0.2, -0.15) is 0 Å². The molecule has 4 heteroatoms. The second kappa shape index (κ2) is 4.74. The number of phenols is 2. The SMILES string of the molecule is C=C[C@H](N)c1cccc(O)c1O.Cl. The van der Waals surface area contributed by atoms with Gasteiger partial charge in [-0.3, -0.25) is 0 Å². The van der Waals surface area contributed by atoms with Crippen LogP contribution < -0.4 is 5.73 Å². The van der Waals surface area contributed by atoms with Crippen LogP contribution in [0, 0.1) is 0 Å². The van der Waals surface area contributed by atoms with E-state index >= 15 is 0 Å². The summed E-state index contributed by atoms with van der Waals surface area (Å²) in [5, 5.41) is 18.4. The molecule has 0 radical (unpaired) electrons. The number of para-hydroxylation sites is 1. The third kappa shape index (κ3) is 2.37. The van der Waals surface area contributed by atoms with Crippen LogP contribution in [0.3, 0.4) is 0 Å². The number of aromatic hydroxyl groups is 2. The Morgan fingerprint density at radius 3 is 2.54 bits per heavy atom. The lowest BCUT2D eigenvalue weighted by Crippen LogP contribution is -2.06. The van der Waals surface area contributed by atoms with Gasteiger partial charge in [0.1, 0.15) is 0 Å². The summed E-state index contributed by atoms with van der Waals surface area (Å²) < 4.78 is 0. The van der Waals surface area contributed by atoms with Gasteiger partial charge >= 0.3 is 0 Å². The first-order valence-corrected chi connectivity index (χ1v) is 3.55. The summed E-state index contributed by atoms with van der Waals surface area (Å²) in [6.07, 6.45) is 1.49. The lowest BCUT2D eigenvalue weighted by molar-refractivity contribution is 0.398. The fourth-order valence-electron chi connectivity index (χ4n) is 0.945. The minimum Gasteiger partial charge on any atom is -0.504 e. The molecule has 0 fully saturated rings. The summed E-state index contributed by atoms with van der Waals surface area (Å²) in [5.41, 5.74) is 6.05. The van der Waals surface area contributed by atoms with Crippen molar-refractivity contribution in [3.63, 3.8) is 0 Å². The van der Waals surface area contributed by atoms with Crippen LogP contribution in [0.2, 0.25) is 0 Å². The molecule has 1 aromatic rings. The predicted octanol–water partition coefficient (Wildman–Crippen LogP) is 1.71. The number of nitrogens with two attached hydrogens (primary N) is 1. The molecule has 0 heterocycles. The Bertz CT molecular complexity index is 302. The lowest BCUT2D eigenvalue weighted by Gasteiger charge is -2.09.